The number of aliphatic hydroxyl groups excluding tert-OH is 2. The van der Waals surface area contributed by atoms with Crippen LogP contribution in [0.2, 0.25) is 0 Å². The summed E-state index contributed by atoms with van der Waals surface area (Å²) in [5.41, 5.74) is 5.07. The molecule has 224 valence electrons. The smallest absolute Gasteiger partial charge is 0.249 e. The highest BCUT2D eigenvalue weighted by Gasteiger charge is 2.32. The van der Waals surface area contributed by atoms with Crippen molar-refractivity contribution in [1.82, 2.24) is 31.3 Å². The van der Waals surface area contributed by atoms with Crippen LogP contribution in [0.4, 0.5) is 5.69 Å². The molecule has 3 aromatic carbocycles. The van der Waals surface area contributed by atoms with Crippen LogP contribution in [0.3, 0.4) is 0 Å². The second-order valence-corrected chi connectivity index (χ2v) is 11.5. The Bertz CT molecular complexity index is 1540. The van der Waals surface area contributed by atoms with Crippen LogP contribution >= 0.6 is 0 Å². The van der Waals surface area contributed by atoms with Crippen LogP contribution in [0.5, 0.6) is 0 Å². The van der Waals surface area contributed by atoms with E-state index in [0.717, 1.165) is 33.5 Å². The molecule has 1 aliphatic heterocycles. The maximum Gasteiger partial charge on any atom is 0.249 e. The first kappa shape index (κ1) is 30.0. The van der Waals surface area contributed by atoms with Gasteiger partial charge in [0.25, 0.3) is 0 Å². The number of hydrogen-bond acceptors (Lipinski definition) is 8. The highest BCUT2D eigenvalue weighted by molar-refractivity contribution is 6.00. The van der Waals surface area contributed by atoms with Crippen molar-refractivity contribution in [2.75, 3.05) is 18.1 Å². The van der Waals surface area contributed by atoms with E-state index in [0.29, 0.717) is 25.2 Å². The number of hydrogen-bond donors (Lipinski definition) is 5. The molecule has 1 aromatic heterocycles. The second-order valence-electron chi connectivity index (χ2n) is 11.5. The lowest BCUT2D eigenvalue weighted by Gasteiger charge is -2.29. The van der Waals surface area contributed by atoms with Crippen LogP contribution in [0, 0.1) is 0 Å². The summed E-state index contributed by atoms with van der Waals surface area (Å²) in [7, 11) is 0. The maximum atomic E-state index is 13.9. The number of aromatic nitrogens is 4. The zero-order chi connectivity index (χ0) is 30.4. The molecule has 5 N–H and O–H groups in total. The van der Waals surface area contributed by atoms with Crippen molar-refractivity contribution < 1.29 is 19.8 Å². The number of β-amino-alcohol motifs (C(OH)–C–C–N with tert-alkyl or cyclic N) is 1. The molecule has 4 aromatic rings. The molecule has 1 aliphatic rings. The molecule has 43 heavy (non-hydrogen) atoms. The lowest BCUT2D eigenvalue weighted by Crippen LogP contribution is -2.51. The summed E-state index contributed by atoms with van der Waals surface area (Å²) in [6.07, 6.45) is 0.336. The van der Waals surface area contributed by atoms with Gasteiger partial charge >= 0.3 is 0 Å². The number of H-pyrrole nitrogens is 1. The van der Waals surface area contributed by atoms with Gasteiger partial charge < -0.3 is 25.7 Å². The van der Waals surface area contributed by atoms with E-state index in [4.69, 9.17) is 5.11 Å². The number of fused-ring (bicyclic) bond motifs is 1. The molecule has 0 unspecified atom stereocenters. The van der Waals surface area contributed by atoms with Crippen LogP contribution in [0.25, 0.3) is 22.5 Å². The summed E-state index contributed by atoms with van der Waals surface area (Å²) in [5, 5.41) is 39.1. The fourth-order valence-corrected chi connectivity index (χ4v) is 5.37. The Morgan fingerprint density at radius 2 is 1.79 bits per heavy atom. The molecule has 5 rings (SSSR count). The summed E-state index contributed by atoms with van der Waals surface area (Å²) in [6.45, 7) is 3.83. The van der Waals surface area contributed by atoms with Gasteiger partial charge in [0, 0.05) is 29.8 Å². The van der Waals surface area contributed by atoms with Gasteiger partial charge in [-0.1, -0.05) is 66.7 Å². The van der Waals surface area contributed by atoms with Crippen molar-refractivity contribution in [2.24, 2.45) is 0 Å². The first-order chi connectivity index (χ1) is 20.7. The van der Waals surface area contributed by atoms with E-state index < -0.39 is 17.7 Å². The molecule has 2 heterocycles. The predicted octanol–water partition coefficient (Wildman–Crippen LogP) is 2.61. The molecular weight excluding hydrogens is 546 g/mol. The molecule has 11 nitrogen and oxygen atoms in total. The topological polar surface area (TPSA) is 156 Å². The fourth-order valence-electron chi connectivity index (χ4n) is 5.37. The number of carbonyl (C=O) groups excluding carboxylic acids is 2. The molecule has 0 saturated carbocycles. The van der Waals surface area contributed by atoms with E-state index in [2.05, 4.69) is 31.3 Å². The summed E-state index contributed by atoms with van der Waals surface area (Å²) in [4.78, 5) is 28.8. The van der Waals surface area contributed by atoms with Crippen LogP contribution in [0.1, 0.15) is 37.8 Å². The first-order valence-electron chi connectivity index (χ1n) is 14.4. The quantitative estimate of drug-likeness (QED) is 0.180. The Hall–Kier alpha value is -4.45. The van der Waals surface area contributed by atoms with E-state index in [1.165, 1.54) is 0 Å². The summed E-state index contributed by atoms with van der Waals surface area (Å²) in [5.74, 6) is 0.165. The zero-order valence-electron chi connectivity index (χ0n) is 24.3. The number of rotatable bonds is 11. The van der Waals surface area contributed by atoms with Gasteiger partial charge in [-0.05, 0) is 65.4 Å². The van der Waals surface area contributed by atoms with Crippen molar-refractivity contribution in [2.45, 2.75) is 57.3 Å². The van der Waals surface area contributed by atoms with Gasteiger partial charge in [0.2, 0.25) is 11.8 Å². The molecule has 11 heteroatoms. The Kier molecular flexibility index (Phi) is 9.24. The second kappa shape index (κ2) is 13.2. The average molecular weight is 584 g/mol. The molecule has 0 aliphatic carbocycles. The molecule has 2 amide bonds. The van der Waals surface area contributed by atoms with Crippen molar-refractivity contribution in [3.8, 4) is 22.5 Å². The summed E-state index contributed by atoms with van der Waals surface area (Å²) >= 11 is 0. The summed E-state index contributed by atoms with van der Waals surface area (Å²) in [6, 6.07) is 23.1. The van der Waals surface area contributed by atoms with E-state index >= 15 is 0 Å². The normalized spacial score (nSPS) is 16.0. The van der Waals surface area contributed by atoms with Gasteiger partial charge in [-0.3, -0.25) is 9.59 Å². The number of aliphatic hydroxyl groups is 2. The minimum absolute atomic E-state index is 0.106. The third-order valence-electron chi connectivity index (χ3n) is 7.65. The fraction of sp³-hybridized carbons (Fsp3) is 0.344. The van der Waals surface area contributed by atoms with Crippen LogP contribution in [0.15, 0.2) is 72.8 Å². The van der Waals surface area contributed by atoms with Crippen molar-refractivity contribution in [1.29, 1.82) is 0 Å². The lowest BCUT2D eigenvalue weighted by atomic mass is 9.98. The van der Waals surface area contributed by atoms with Crippen LogP contribution in [-0.2, 0) is 22.6 Å². The molecular formula is C32H37N7O4. The number of nitrogens with one attached hydrogen (secondary N) is 3. The standard InChI is InChI=1S/C32H37N7O4/c1-32(2,33-18-24(41)20-40)17-29(42)34-27-16-15-23-7-3-6-10-28(23)39(31(27)43)19-21-11-13-22(14-12-21)25-8-4-5-9-26(25)30-35-37-38-36-30/h3-14,24,27,33,40-41H,15-20H2,1-2H3,(H,34,42)(H,35,36,37,38)/t24-,27-/m1/s1. The molecule has 0 spiro atoms. The third kappa shape index (κ3) is 7.31. The Morgan fingerprint density at radius 3 is 2.51 bits per heavy atom. The predicted molar refractivity (Wildman–Crippen MR) is 163 cm³/mol. The van der Waals surface area contributed by atoms with Crippen molar-refractivity contribution >= 4 is 17.5 Å². The van der Waals surface area contributed by atoms with E-state index in [-0.39, 0.29) is 31.4 Å². The number of tetrazole rings is 1. The first-order valence-corrected chi connectivity index (χ1v) is 14.4. The average Bonchev–Trinajstić information content (AvgIpc) is 3.52. The van der Waals surface area contributed by atoms with Gasteiger partial charge in [-0.15, -0.1) is 5.10 Å². The number of aryl methyl sites for hydroxylation is 1. The number of anilines is 1. The SMILES string of the molecule is CC(C)(CC(=O)N[C@@H]1CCc2ccccc2N(Cc2ccc(-c3ccccc3-c3nnn[nH]3)cc2)C1=O)NC[C@@H](O)CO. The Balaban J connectivity index is 1.33. The highest BCUT2D eigenvalue weighted by atomic mass is 16.3. The van der Waals surface area contributed by atoms with E-state index in [1.54, 1.807) is 4.90 Å². The molecule has 0 bridgehead atoms. The van der Waals surface area contributed by atoms with Gasteiger partial charge in [0.05, 0.1) is 19.3 Å². The van der Waals surface area contributed by atoms with Gasteiger partial charge in [-0.2, -0.15) is 0 Å². The van der Waals surface area contributed by atoms with Gasteiger partial charge in [0.15, 0.2) is 5.82 Å². The Morgan fingerprint density at radius 1 is 1.07 bits per heavy atom. The number of amides is 2. The molecule has 0 saturated heterocycles. The minimum Gasteiger partial charge on any atom is -0.394 e. The number of carbonyl (C=O) groups is 2. The molecule has 0 fully saturated rings. The number of benzene rings is 3. The Labute approximate surface area is 250 Å². The van der Waals surface area contributed by atoms with Crippen molar-refractivity contribution in [3.63, 3.8) is 0 Å². The van der Waals surface area contributed by atoms with Crippen LogP contribution < -0.4 is 15.5 Å². The van der Waals surface area contributed by atoms with Crippen LogP contribution in [-0.4, -0.2) is 73.5 Å². The lowest BCUT2D eigenvalue weighted by molar-refractivity contribution is -0.128. The number of aromatic amines is 1. The largest absolute Gasteiger partial charge is 0.394 e. The van der Waals surface area contributed by atoms with E-state index in [1.807, 2.05) is 86.6 Å². The zero-order valence-corrected chi connectivity index (χ0v) is 24.3. The van der Waals surface area contributed by atoms with E-state index in [9.17, 15) is 14.7 Å². The van der Waals surface area contributed by atoms with Crippen molar-refractivity contribution in [3.05, 3.63) is 83.9 Å². The third-order valence-corrected chi connectivity index (χ3v) is 7.65. The number of nitrogens with zero attached hydrogens (tertiary/aromatic N) is 4. The van der Waals surface area contributed by atoms with Gasteiger partial charge in [0.1, 0.15) is 6.04 Å². The molecule has 0 radical (unpaired) electrons. The monoisotopic (exact) mass is 583 g/mol. The summed E-state index contributed by atoms with van der Waals surface area (Å²) < 4.78 is 0. The maximum absolute atomic E-state index is 13.9. The van der Waals surface area contributed by atoms with Gasteiger partial charge in [-0.25, -0.2) is 5.10 Å². The molecule has 2 atom stereocenters. The minimum atomic E-state index is -0.910. The highest BCUT2D eigenvalue weighted by Crippen LogP contribution is 2.32. The number of para-hydroxylation sites is 1.